The molecule has 3 aromatic rings. The number of aromatic nitrogens is 3. The highest BCUT2D eigenvalue weighted by molar-refractivity contribution is 7.16. The number of carbonyl (C=O) groups is 1. The van der Waals surface area contributed by atoms with Crippen LogP contribution in [0.25, 0.3) is 10.2 Å². The summed E-state index contributed by atoms with van der Waals surface area (Å²) in [6.45, 7) is 2.17. The Kier molecular flexibility index (Phi) is 4.23. The van der Waals surface area contributed by atoms with Crippen molar-refractivity contribution >= 4 is 27.5 Å². The summed E-state index contributed by atoms with van der Waals surface area (Å²) in [6, 6.07) is 5.68. The minimum Gasteiger partial charge on any atom is -0.497 e. The van der Waals surface area contributed by atoms with Crippen LogP contribution in [0.4, 0.5) is 0 Å². The third-order valence-electron chi connectivity index (χ3n) is 3.55. The summed E-state index contributed by atoms with van der Waals surface area (Å²) < 4.78 is 9.64. The molecule has 0 aliphatic heterocycles. The Morgan fingerprint density at radius 2 is 2.29 bits per heavy atom. The van der Waals surface area contributed by atoms with Crippen molar-refractivity contribution in [2.24, 2.45) is 12.0 Å². The Morgan fingerprint density at radius 1 is 1.50 bits per heavy atom. The summed E-state index contributed by atoms with van der Waals surface area (Å²) in [7, 11) is 3.39. The molecule has 7 heteroatoms. The van der Waals surface area contributed by atoms with Gasteiger partial charge in [-0.05, 0) is 25.1 Å². The van der Waals surface area contributed by atoms with Gasteiger partial charge in [0.05, 0.1) is 23.9 Å². The largest absolute Gasteiger partial charge is 0.497 e. The highest BCUT2D eigenvalue weighted by atomic mass is 32.1. The van der Waals surface area contributed by atoms with Crippen LogP contribution in [-0.2, 0) is 13.6 Å². The molecule has 1 aromatic carbocycles. The Bertz CT molecular complexity index is 1030. The molecule has 0 aliphatic rings. The number of hydrogen-bond donors (Lipinski definition) is 0. The molecule has 0 N–H and O–H groups in total. The summed E-state index contributed by atoms with van der Waals surface area (Å²) in [5.74, 6) is 2.98. The zero-order chi connectivity index (χ0) is 17.3. The smallest absolute Gasteiger partial charge is 0.300 e. The van der Waals surface area contributed by atoms with Crippen molar-refractivity contribution in [2.45, 2.75) is 13.5 Å². The number of nitrogens with zero attached hydrogens (tertiary/aromatic N) is 4. The average molecular weight is 340 g/mol. The lowest BCUT2D eigenvalue weighted by molar-refractivity contribution is 0.0992. The second-order valence-corrected chi connectivity index (χ2v) is 6.27. The van der Waals surface area contributed by atoms with E-state index in [2.05, 4.69) is 16.0 Å². The molecule has 1 amide bonds. The summed E-state index contributed by atoms with van der Waals surface area (Å²) >= 11 is 1.39. The van der Waals surface area contributed by atoms with Crippen molar-refractivity contribution in [3.63, 3.8) is 0 Å². The first-order chi connectivity index (χ1) is 11.5. The first kappa shape index (κ1) is 16.0. The van der Waals surface area contributed by atoms with Crippen LogP contribution in [0.2, 0.25) is 0 Å². The van der Waals surface area contributed by atoms with Gasteiger partial charge in [0.25, 0.3) is 5.91 Å². The van der Waals surface area contributed by atoms with Gasteiger partial charge in [-0.1, -0.05) is 17.3 Å². The van der Waals surface area contributed by atoms with Crippen molar-refractivity contribution in [3.8, 4) is 18.1 Å². The van der Waals surface area contributed by atoms with E-state index in [1.165, 1.54) is 11.3 Å². The van der Waals surface area contributed by atoms with Crippen molar-refractivity contribution < 1.29 is 9.53 Å². The van der Waals surface area contributed by atoms with Crippen LogP contribution in [0.3, 0.4) is 0 Å². The quantitative estimate of drug-likeness (QED) is 0.686. The molecule has 0 saturated heterocycles. The lowest BCUT2D eigenvalue weighted by Gasteiger charge is -2.01. The van der Waals surface area contributed by atoms with E-state index in [-0.39, 0.29) is 5.91 Å². The van der Waals surface area contributed by atoms with Gasteiger partial charge in [0.1, 0.15) is 5.75 Å². The topological polar surface area (TPSA) is 61.4 Å². The highest BCUT2D eigenvalue weighted by Crippen LogP contribution is 2.23. The zero-order valence-electron chi connectivity index (χ0n) is 13.6. The van der Waals surface area contributed by atoms with Gasteiger partial charge < -0.3 is 9.30 Å². The first-order valence-corrected chi connectivity index (χ1v) is 8.05. The molecule has 6 nitrogen and oxygen atoms in total. The van der Waals surface area contributed by atoms with Crippen molar-refractivity contribution in [1.82, 2.24) is 14.3 Å². The number of rotatable bonds is 3. The predicted octanol–water partition coefficient (Wildman–Crippen LogP) is 2.13. The number of benzene rings is 1. The fourth-order valence-corrected chi connectivity index (χ4v) is 3.52. The molecule has 0 unspecified atom stereocenters. The van der Waals surface area contributed by atoms with Crippen LogP contribution in [0, 0.1) is 19.3 Å². The fraction of sp³-hybridized carbons (Fsp3) is 0.235. The van der Waals surface area contributed by atoms with Gasteiger partial charge in [-0.3, -0.25) is 9.48 Å². The lowest BCUT2D eigenvalue weighted by Crippen LogP contribution is -2.17. The Labute approximate surface area is 143 Å². The van der Waals surface area contributed by atoms with E-state index in [0.717, 1.165) is 21.5 Å². The van der Waals surface area contributed by atoms with Crippen molar-refractivity contribution in [3.05, 3.63) is 40.5 Å². The maximum atomic E-state index is 12.5. The standard InChI is InChI=1S/C17H16N4O2S/c1-5-8-21-13-7-6-12(23-4)9-14(13)24-17(21)18-16(22)15-11(2)10-20(3)19-15/h1,6-7,9-10H,8H2,2-4H3. The molecule has 24 heavy (non-hydrogen) atoms. The van der Waals surface area contributed by atoms with Gasteiger partial charge in [-0.25, -0.2) is 0 Å². The van der Waals surface area contributed by atoms with Gasteiger partial charge in [0.2, 0.25) is 0 Å². The van der Waals surface area contributed by atoms with Gasteiger partial charge in [0.15, 0.2) is 10.5 Å². The maximum absolute atomic E-state index is 12.5. The molecule has 0 fully saturated rings. The van der Waals surface area contributed by atoms with Crippen LogP contribution >= 0.6 is 11.3 Å². The average Bonchev–Trinajstić information content (AvgIpc) is 3.07. The highest BCUT2D eigenvalue weighted by Gasteiger charge is 2.14. The number of fused-ring (bicyclic) bond motifs is 1. The van der Waals surface area contributed by atoms with Crippen LogP contribution in [0.5, 0.6) is 5.75 Å². The Morgan fingerprint density at radius 3 is 2.92 bits per heavy atom. The van der Waals surface area contributed by atoms with Gasteiger partial charge >= 0.3 is 0 Å². The molecule has 3 rings (SSSR count). The van der Waals surface area contributed by atoms with Crippen LogP contribution in [-0.4, -0.2) is 27.4 Å². The number of terminal acetylenes is 1. The Balaban J connectivity index is 2.17. The number of amides is 1. The molecule has 0 spiro atoms. The predicted molar refractivity (Wildman–Crippen MR) is 93.0 cm³/mol. The molecular formula is C17H16N4O2S. The lowest BCUT2D eigenvalue weighted by atomic mass is 10.3. The molecule has 0 radical (unpaired) electrons. The number of methoxy groups -OCH3 is 1. The maximum Gasteiger partial charge on any atom is 0.300 e. The molecule has 2 heterocycles. The molecule has 2 aromatic heterocycles. The molecular weight excluding hydrogens is 324 g/mol. The summed E-state index contributed by atoms with van der Waals surface area (Å²) in [6.07, 6.45) is 7.26. The Hall–Kier alpha value is -2.85. The monoisotopic (exact) mass is 340 g/mol. The van der Waals surface area contributed by atoms with Gasteiger partial charge in [0, 0.05) is 18.8 Å². The SMILES string of the molecule is C#CCn1c(=NC(=O)c2nn(C)cc2C)sc2cc(OC)ccc21. The second kappa shape index (κ2) is 6.34. The van der Waals surface area contributed by atoms with E-state index >= 15 is 0 Å². The molecule has 0 atom stereocenters. The second-order valence-electron chi connectivity index (χ2n) is 5.26. The number of ether oxygens (including phenoxy) is 1. The van der Waals surface area contributed by atoms with E-state index in [4.69, 9.17) is 11.2 Å². The minimum atomic E-state index is -0.377. The van der Waals surface area contributed by atoms with Crippen molar-refractivity contribution in [2.75, 3.05) is 7.11 Å². The minimum absolute atomic E-state index is 0.333. The first-order valence-electron chi connectivity index (χ1n) is 7.23. The fourth-order valence-electron chi connectivity index (χ4n) is 2.47. The number of aryl methyl sites for hydroxylation is 2. The van der Waals surface area contributed by atoms with Crippen LogP contribution in [0.15, 0.2) is 29.4 Å². The number of hydrogen-bond acceptors (Lipinski definition) is 4. The van der Waals surface area contributed by atoms with E-state index in [0.29, 0.717) is 17.0 Å². The van der Waals surface area contributed by atoms with Gasteiger partial charge in [-0.15, -0.1) is 6.42 Å². The summed E-state index contributed by atoms with van der Waals surface area (Å²) in [5, 5.41) is 4.17. The summed E-state index contributed by atoms with van der Waals surface area (Å²) in [5.41, 5.74) is 2.06. The number of carbonyl (C=O) groups excluding carboxylic acids is 1. The van der Waals surface area contributed by atoms with E-state index in [9.17, 15) is 4.79 Å². The zero-order valence-corrected chi connectivity index (χ0v) is 14.4. The van der Waals surface area contributed by atoms with E-state index in [1.54, 1.807) is 25.0 Å². The molecule has 0 aliphatic carbocycles. The molecule has 0 bridgehead atoms. The van der Waals surface area contributed by atoms with Crippen molar-refractivity contribution in [1.29, 1.82) is 0 Å². The van der Waals surface area contributed by atoms with Crippen LogP contribution < -0.4 is 9.54 Å². The third kappa shape index (κ3) is 2.84. The summed E-state index contributed by atoms with van der Waals surface area (Å²) in [4.78, 5) is 17.3. The number of thiazole rings is 1. The normalized spacial score (nSPS) is 11.7. The van der Waals surface area contributed by atoms with Crippen LogP contribution in [0.1, 0.15) is 16.1 Å². The van der Waals surface area contributed by atoms with E-state index in [1.807, 2.05) is 29.7 Å². The third-order valence-corrected chi connectivity index (χ3v) is 4.59. The van der Waals surface area contributed by atoms with E-state index < -0.39 is 0 Å². The molecule has 122 valence electrons. The van der Waals surface area contributed by atoms with Gasteiger partial charge in [-0.2, -0.15) is 10.1 Å². The molecule has 0 saturated carbocycles.